The Balaban J connectivity index is 3.31. The van der Waals surface area contributed by atoms with E-state index in [-0.39, 0.29) is 7.51 Å². The maximum Gasteiger partial charge on any atom is 0.316 e. The Bertz CT molecular complexity index is 75.7. The van der Waals surface area contributed by atoms with E-state index in [9.17, 15) is 0 Å². The Labute approximate surface area is 35.8 Å². The molecule has 0 N–H and O–H groups in total. The minimum absolute atomic E-state index is 0.0575. The van der Waals surface area contributed by atoms with Gasteiger partial charge in [0.2, 0.25) is 0 Å². The van der Waals surface area contributed by atoms with Crippen LogP contribution in [0.1, 0.15) is 0 Å². The van der Waals surface area contributed by atoms with E-state index in [1.54, 1.807) is 0 Å². The second kappa shape index (κ2) is 3.90. The van der Waals surface area contributed by atoms with Crippen LogP contribution in [-0.4, -0.2) is 6.08 Å². The third kappa shape index (κ3) is 3.90. The number of hydrogen-bond donors (Lipinski definition) is 0. The molecular weight excluding hydrogens is 105 g/mol. The highest BCUT2D eigenvalue weighted by molar-refractivity contribution is 7.95. The summed E-state index contributed by atoms with van der Waals surface area (Å²) in [5.74, 6) is 0. The van der Waals surface area contributed by atoms with E-state index in [4.69, 9.17) is 4.79 Å². The van der Waals surface area contributed by atoms with E-state index in [0.717, 1.165) is 0 Å². The predicted molar refractivity (Wildman–Crippen MR) is 23.8 cm³/mol. The summed E-state index contributed by atoms with van der Waals surface area (Å²) in [6, 6.07) is 0. The summed E-state index contributed by atoms with van der Waals surface area (Å²) in [6.07, 6.45) is 1.30. The van der Waals surface area contributed by atoms with Gasteiger partial charge in [0, 0.05) is 4.76 Å². The molecule has 0 saturated carbocycles. The molecule has 0 aliphatic heterocycles. The van der Waals surface area contributed by atoms with Gasteiger partial charge in [0.25, 0.3) is 6.08 Å². The SMILES string of the molecule is O=C=N[PH+]=S. The van der Waals surface area contributed by atoms with Gasteiger partial charge in [-0.3, -0.25) is 0 Å². The van der Waals surface area contributed by atoms with Gasteiger partial charge in [-0.05, 0) is 0 Å². The van der Waals surface area contributed by atoms with Crippen molar-refractivity contribution in [1.82, 2.24) is 0 Å². The maximum atomic E-state index is 9.05. The summed E-state index contributed by atoms with van der Waals surface area (Å²) in [4.78, 5) is 9.05. The van der Waals surface area contributed by atoms with Gasteiger partial charge in [0.05, 0.1) is 0 Å². The minimum Gasteiger partial charge on any atom is -0.207 e. The Kier molecular flexibility index (Phi) is 3.82. The molecule has 0 fully saturated rings. The van der Waals surface area contributed by atoms with Crippen LogP contribution in [0.3, 0.4) is 0 Å². The zero-order chi connectivity index (χ0) is 4.12. The van der Waals surface area contributed by atoms with Crippen LogP contribution in [0.4, 0.5) is 0 Å². The second-order valence-corrected chi connectivity index (χ2v) is 1.25. The monoisotopic (exact) mass is 106 g/mol. The molecule has 4 heteroatoms. The van der Waals surface area contributed by atoms with Crippen molar-refractivity contribution in [2.45, 2.75) is 0 Å². The molecule has 0 rings (SSSR count). The zero-order valence-corrected chi connectivity index (χ0v) is 4.08. The van der Waals surface area contributed by atoms with Gasteiger partial charge in [0.15, 0.2) is 11.8 Å². The normalized spacial score (nSPS) is 6.40. The molecule has 0 aliphatic rings. The fraction of sp³-hybridized carbons (Fsp3) is 0. The first-order valence-electron chi connectivity index (χ1n) is 0.855. The molecule has 0 radical (unpaired) electrons. The van der Waals surface area contributed by atoms with Gasteiger partial charge < -0.3 is 0 Å². The molecule has 0 aromatic rings. The Morgan fingerprint density at radius 3 is 2.60 bits per heavy atom. The molecular formula is CHNOPS+. The Morgan fingerprint density at radius 1 is 2.00 bits per heavy atom. The van der Waals surface area contributed by atoms with Gasteiger partial charge >= 0.3 is 7.51 Å². The summed E-state index contributed by atoms with van der Waals surface area (Å²) >= 11 is 4.25. The average Bonchev–Trinajstić information content (AvgIpc) is 1.41. The van der Waals surface area contributed by atoms with Crippen molar-refractivity contribution >= 4 is 25.4 Å². The maximum absolute atomic E-state index is 9.05. The fourth-order valence-electron chi connectivity index (χ4n) is 0.0186. The van der Waals surface area contributed by atoms with Crippen LogP contribution >= 0.6 is 7.51 Å². The van der Waals surface area contributed by atoms with Crippen molar-refractivity contribution in [2.24, 2.45) is 4.76 Å². The van der Waals surface area contributed by atoms with E-state index in [0.29, 0.717) is 0 Å². The van der Waals surface area contributed by atoms with E-state index in [1.165, 1.54) is 6.08 Å². The first-order valence-corrected chi connectivity index (χ1v) is 2.94. The number of hydrogen-bond acceptors (Lipinski definition) is 2. The van der Waals surface area contributed by atoms with Crippen molar-refractivity contribution in [3.63, 3.8) is 0 Å². The summed E-state index contributed by atoms with van der Waals surface area (Å²) in [5, 5.41) is 0. The summed E-state index contributed by atoms with van der Waals surface area (Å²) in [7, 11) is -0.0575. The van der Waals surface area contributed by atoms with E-state index in [1.807, 2.05) is 0 Å². The van der Waals surface area contributed by atoms with Gasteiger partial charge in [-0.25, -0.2) is 4.79 Å². The predicted octanol–water partition coefficient (Wildman–Crippen LogP) is 0.378. The molecule has 0 aromatic carbocycles. The van der Waals surface area contributed by atoms with Crippen LogP contribution in [0, 0.1) is 0 Å². The molecule has 0 aromatic heterocycles. The first-order chi connectivity index (χ1) is 2.41. The number of nitrogens with zero attached hydrogens (tertiary/aromatic N) is 1. The number of isocyanates is 1. The van der Waals surface area contributed by atoms with Gasteiger partial charge in [-0.1, -0.05) is 0 Å². The minimum atomic E-state index is -0.0575. The van der Waals surface area contributed by atoms with Crippen LogP contribution in [0.25, 0.3) is 0 Å². The molecule has 0 bridgehead atoms. The summed E-state index contributed by atoms with van der Waals surface area (Å²) in [5.41, 5.74) is 0. The second-order valence-electron chi connectivity index (χ2n) is 0.294. The van der Waals surface area contributed by atoms with Crippen molar-refractivity contribution in [1.29, 1.82) is 0 Å². The average molecular weight is 106 g/mol. The zero-order valence-electron chi connectivity index (χ0n) is 2.26. The standard InChI is InChI=1S/CNOPS/c3-1-2-4-5/p+1. The molecule has 1 atom stereocenters. The molecule has 0 spiro atoms. The fourth-order valence-corrected chi connectivity index (χ4v) is 0.168. The van der Waals surface area contributed by atoms with Crippen LogP contribution in [0.2, 0.25) is 0 Å². The van der Waals surface area contributed by atoms with E-state index < -0.39 is 0 Å². The Morgan fingerprint density at radius 2 is 2.60 bits per heavy atom. The highest BCUT2D eigenvalue weighted by Gasteiger charge is 1.60. The first kappa shape index (κ1) is 4.90. The van der Waals surface area contributed by atoms with E-state index >= 15 is 0 Å². The highest BCUT2D eigenvalue weighted by atomic mass is 32.4. The molecule has 0 aliphatic carbocycles. The molecule has 0 saturated heterocycles. The third-order valence-electron chi connectivity index (χ3n) is 0.0913. The quantitative estimate of drug-likeness (QED) is 0.274. The molecule has 2 nitrogen and oxygen atoms in total. The lowest BCUT2D eigenvalue weighted by Gasteiger charge is -1.25. The van der Waals surface area contributed by atoms with Crippen molar-refractivity contribution in [3.05, 3.63) is 0 Å². The molecule has 0 amide bonds. The lowest BCUT2D eigenvalue weighted by Crippen LogP contribution is -1.27. The number of carbonyl (C=O) groups excluding carboxylic acids is 1. The molecule has 5 heavy (non-hydrogen) atoms. The van der Waals surface area contributed by atoms with Crippen LogP contribution in [-0.2, 0) is 16.6 Å². The van der Waals surface area contributed by atoms with Gasteiger partial charge in [0.1, 0.15) is 0 Å². The molecule has 26 valence electrons. The molecule has 1 unspecified atom stereocenters. The molecule has 0 heterocycles. The van der Waals surface area contributed by atoms with Gasteiger partial charge in [-0.2, -0.15) is 0 Å². The van der Waals surface area contributed by atoms with Crippen LogP contribution in [0.15, 0.2) is 4.76 Å². The van der Waals surface area contributed by atoms with Crippen molar-refractivity contribution in [3.8, 4) is 0 Å². The smallest absolute Gasteiger partial charge is 0.207 e. The van der Waals surface area contributed by atoms with Crippen molar-refractivity contribution < 1.29 is 4.79 Å². The summed E-state index contributed by atoms with van der Waals surface area (Å²) < 4.78 is 3.01. The van der Waals surface area contributed by atoms with Crippen LogP contribution < -0.4 is 0 Å². The lowest BCUT2D eigenvalue weighted by molar-refractivity contribution is 0.566. The number of rotatable bonds is 1. The topological polar surface area (TPSA) is 29.4 Å². The van der Waals surface area contributed by atoms with Crippen LogP contribution in [0.5, 0.6) is 0 Å². The van der Waals surface area contributed by atoms with Gasteiger partial charge in [-0.15, -0.1) is 0 Å². The summed E-state index contributed by atoms with van der Waals surface area (Å²) in [6.45, 7) is 0. The largest absolute Gasteiger partial charge is 0.316 e. The highest BCUT2D eigenvalue weighted by Crippen LogP contribution is 1.85. The Hall–Kier alpha value is -0.100. The third-order valence-corrected chi connectivity index (χ3v) is 0.548. The van der Waals surface area contributed by atoms with Crippen molar-refractivity contribution in [2.75, 3.05) is 0 Å². The van der Waals surface area contributed by atoms with E-state index in [2.05, 4.69) is 16.6 Å². The lowest BCUT2D eigenvalue weighted by atomic mass is 11.7.